The molecule has 4 heterocycles. The second-order valence-electron chi connectivity index (χ2n) is 21.7. The maximum absolute atomic E-state index is 13.0. The molecule has 70 heavy (non-hydrogen) atoms. The first-order valence-electron chi connectivity index (χ1n) is 25.4. The summed E-state index contributed by atoms with van der Waals surface area (Å²) in [6.45, 7) is 16.4. The number of carbonyl (C=O) groups is 6. The Hall–Kier alpha value is -3.72. The smallest absolute Gasteiger partial charge is 0.331 e. The highest BCUT2D eigenvalue weighted by Gasteiger charge is 2.72. The third-order valence-corrected chi connectivity index (χ3v) is 17.4. The molecule has 19 nitrogen and oxygen atoms in total. The van der Waals surface area contributed by atoms with Crippen molar-refractivity contribution in [3.63, 3.8) is 0 Å². The van der Waals surface area contributed by atoms with Crippen LogP contribution in [0.3, 0.4) is 0 Å². The molecule has 0 amide bonds. The van der Waals surface area contributed by atoms with Crippen molar-refractivity contribution in [2.45, 2.75) is 231 Å². The van der Waals surface area contributed by atoms with E-state index in [0.717, 1.165) is 37.7 Å². The lowest BCUT2D eigenvalue weighted by Gasteiger charge is -2.65. The standard InChI is InChI=1S/C51H74O19/c1-24-46(67-31(8)56)38(63-27(4)52)21-44(61-24)69-48-26(3)62-45(22-40(48)65-29(6)54)70-47-25(2)60-43(20-39(47)64-28(5)53)68-34-13-15-49(9)33(18-34)11-12-36-37(49)19-41(66-30(7)55)50(10)35(14-16-51(36,50)58)32-17-42(57)59-23-32/h17,24-26,33-41,43-48,58H,11-16,18-23H2,1-10H3. The Kier molecular flexibility index (Phi) is 15.5. The molecular formula is C51H74O19. The largest absolute Gasteiger partial charge is 0.462 e. The van der Waals surface area contributed by atoms with Crippen molar-refractivity contribution in [1.29, 1.82) is 0 Å². The summed E-state index contributed by atoms with van der Waals surface area (Å²) in [6.07, 6.45) is -2.52. The molecule has 4 aliphatic heterocycles. The number of aliphatic hydroxyl groups is 1. The molecule has 3 saturated heterocycles. The Morgan fingerprint density at radius 1 is 0.586 bits per heavy atom. The van der Waals surface area contributed by atoms with E-state index in [1.54, 1.807) is 19.9 Å². The van der Waals surface area contributed by atoms with Gasteiger partial charge in [0.1, 0.15) is 43.2 Å². The third-order valence-electron chi connectivity index (χ3n) is 17.4. The average molecular weight is 991 g/mol. The van der Waals surface area contributed by atoms with Crippen molar-refractivity contribution in [3.05, 3.63) is 11.6 Å². The second kappa shape index (κ2) is 20.7. The van der Waals surface area contributed by atoms with E-state index in [-0.39, 0.29) is 73.0 Å². The van der Waals surface area contributed by atoms with Crippen molar-refractivity contribution in [3.8, 4) is 0 Å². The summed E-state index contributed by atoms with van der Waals surface area (Å²) >= 11 is 0. The molecule has 0 aromatic carbocycles. The molecule has 1 N–H and O–H groups in total. The number of hydrogen-bond acceptors (Lipinski definition) is 19. The van der Waals surface area contributed by atoms with Crippen molar-refractivity contribution in [1.82, 2.24) is 0 Å². The molecule has 0 aromatic heterocycles. The Morgan fingerprint density at radius 2 is 1.09 bits per heavy atom. The minimum atomic E-state index is -1.10. The van der Waals surface area contributed by atoms with E-state index in [4.69, 9.17) is 56.8 Å². The van der Waals surface area contributed by atoms with Crippen LogP contribution in [0.1, 0.15) is 140 Å². The number of ether oxygens (including phenoxy) is 12. The molecule has 0 aromatic rings. The Balaban J connectivity index is 0.905. The van der Waals surface area contributed by atoms with E-state index in [2.05, 4.69) is 13.8 Å². The molecular weight excluding hydrogens is 917 g/mol. The normalized spacial score (nSPS) is 45.6. The minimum absolute atomic E-state index is 0.00588. The van der Waals surface area contributed by atoms with Gasteiger partial charge in [0.2, 0.25) is 0 Å². The summed E-state index contributed by atoms with van der Waals surface area (Å²) in [5.74, 6) is -2.72. The Bertz CT molecular complexity index is 2030. The predicted octanol–water partition coefficient (Wildman–Crippen LogP) is 5.07. The molecule has 21 atom stereocenters. The Morgan fingerprint density at radius 3 is 1.59 bits per heavy atom. The van der Waals surface area contributed by atoms with E-state index < -0.39 is 115 Å². The summed E-state index contributed by atoms with van der Waals surface area (Å²) in [5, 5.41) is 13.0. The highest BCUT2D eigenvalue weighted by molar-refractivity contribution is 5.85. The number of esters is 6. The van der Waals surface area contributed by atoms with Crippen molar-refractivity contribution < 1.29 is 90.7 Å². The van der Waals surface area contributed by atoms with Crippen LogP contribution in [0.4, 0.5) is 0 Å². The maximum Gasteiger partial charge on any atom is 0.331 e. The first-order chi connectivity index (χ1) is 33.0. The van der Waals surface area contributed by atoms with Crippen LogP contribution in [0.25, 0.3) is 0 Å². The topological polar surface area (TPSA) is 233 Å². The lowest BCUT2D eigenvalue weighted by Crippen LogP contribution is -2.67. The predicted molar refractivity (Wildman–Crippen MR) is 240 cm³/mol. The van der Waals surface area contributed by atoms with Crippen LogP contribution in [-0.2, 0) is 85.6 Å². The number of cyclic esters (lactones) is 1. The SMILES string of the molecule is CC(=O)OC1CC(OC2C(C)OC(OC3C(C)OC(OC4CCC5(C)C(CCC6C5CC(OC(C)=O)C5(C)C(C7=CC(=O)OC7)CCC65O)C4)CC3OC(C)=O)CC2OC(C)=O)OC(C)C1OC(C)=O. The molecule has 21 unspecified atom stereocenters. The summed E-state index contributed by atoms with van der Waals surface area (Å²) in [5.41, 5.74) is -1.16. The van der Waals surface area contributed by atoms with Gasteiger partial charge in [0.25, 0.3) is 0 Å². The fourth-order valence-electron chi connectivity index (χ4n) is 14.4. The number of rotatable bonds is 12. The molecule has 19 heteroatoms. The van der Waals surface area contributed by atoms with E-state index in [0.29, 0.717) is 19.3 Å². The number of carbonyl (C=O) groups excluding carboxylic acids is 6. The van der Waals surface area contributed by atoms with E-state index in [9.17, 15) is 33.9 Å². The number of fused-ring (bicyclic) bond motifs is 5. The van der Waals surface area contributed by atoms with Crippen LogP contribution in [-0.4, -0.2) is 139 Å². The summed E-state index contributed by atoms with van der Waals surface area (Å²) in [4.78, 5) is 73.8. The van der Waals surface area contributed by atoms with Gasteiger partial charge in [-0.25, -0.2) is 4.79 Å². The van der Waals surface area contributed by atoms with Crippen LogP contribution < -0.4 is 0 Å². The summed E-state index contributed by atoms with van der Waals surface area (Å²) < 4.78 is 72.7. The molecule has 0 radical (unpaired) electrons. The van der Waals surface area contributed by atoms with Gasteiger partial charge in [0.05, 0.1) is 30.0 Å². The first-order valence-corrected chi connectivity index (χ1v) is 25.4. The zero-order chi connectivity index (χ0) is 50.6. The van der Waals surface area contributed by atoms with Gasteiger partial charge in [-0.05, 0) is 107 Å². The number of hydrogen-bond donors (Lipinski definition) is 1. The second-order valence-corrected chi connectivity index (χ2v) is 21.7. The van der Waals surface area contributed by atoms with E-state index in [1.165, 1.54) is 34.6 Å². The van der Waals surface area contributed by atoms with Gasteiger partial charge < -0.3 is 61.9 Å². The Labute approximate surface area is 409 Å². The van der Waals surface area contributed by atoms with Crippen LogP contribution in [0.15, 0.2) is 11.6 Å². The lowest BCUT2D eigenvalue weighted by molar-refractivity contribution is -0.337. The van der Waals surface area contributed by atoms with Gasteiger partial charge in [0.15, 0.2) is 25.0 Å². The summed E-state index contributed by atoms with van der Waals surface area (Å²) in [6, 6.07) is 0. The van der Waals surface area contributed by atoms with Crippen molar-refractivity contribution in [2.24, 2.45) is 34.5 Å². The molecule has 0 bridgehead atoms. The fourth-order valence-corrected chi connectivity index (χ4v) is 14.4. The lowest BCUT2D eigenvalue weighted by atomic mass is 9.42. The van der Waals surface area contributed by atoms with Gasteiger partial charge >= 0.3 is 35.8 Å². The van der Waals surface area contributed by atoms with Crippen LogP contribution >= 0.6 is 0 Å². The fraction of sp³-hybridized carbons (Fsp3) is 0.843. The molecule has 0 spiro atoms. The van der Waals surface area contributed by atoms with Crippen molar-refractivity contribution >= 4 is 35.8 Å². The average Bonchev–Trinajstić information content (AvgIpc) is 3.81. The van der Waals surface area contributed by atoms with Crippen LogP contribution in [0.2, 0.25) is 0 Å². The van der Waals surface area contributed by atoms with Crippen LogP contribution in [0, 0.1) is 34.5 Å². The van der Waals surface area contributed by atoms with E-state index in [1.807, 2.05) is 6.92 Å². The zero-order valence-electron chi connectivity index (χ0n) is 42.3. The summed E-state index contributed by atoms with van der Waals surface area (Å²) in [7, 11) is 0. The van der Waals surface area contributed by atoms with E-state index >= 15 is 0 Å². The highest BCUT2D eigenvalue weighted by Crippen LogP contribution is 2.70. The van der Waals surface area contributed by atoms with Gasteiger partial charge in [0, 0.05) is 65.4 Å². The van der Waals surface area contributed by atoms with Crippen molar-refractivity contribution in [2.75, 3.05) is 6.61 Å². The van der Waals surface area contributed by atoms with Crippen LogP contribution in [0.5, 0.6) is 0 Å². The molecule has 4 saturated carbocycles. The zero-order valence-corrected chi connectivity index (χ0v) is 42.3. The molecule has 7 fully saturated rings. The quantitative estimate of drug-likeness (QED) is 0.153. The monoisotopic (exact) mass is 990 g/mol. The highest BCUT2D eigenvalue weighted by atomic mass is 16.8. The molecule has 4 aliphatic carbocycles. The van der Waals surface area contributed by atoms with Gasteiger partial charge in [-0.2, -0.15) is 0 Å². The maximum atomic E-state index is 13.0. The molecule has 8 rings (SSSR count). The minimum Gasteiger partial charge on any atom is -0.462 e. The molecule has 392 valence electrons. The van der Waals surface area contributed by atoms with Gasteiger partial charge in [-0.15, -0.1) is 0 Å². The molecule has 8 aliphatic rings. The first kappa shape index (κ1) is 52.6. The van der Waals surface area contributed by atoms with Gasteiger partial charge in [-0.1, -0.05) is 13.8 Å². The third kappa shape index (κ3) is 10.4. The van der Waals surface area contributed by atoms with Gasteiger partial charge in [-0.3, -0.25) is 24.0 Å².